The second-order valence-electron chi connectivity index (χ2n) is 6.93. The van der Waals surface area contributed by atoms with Gasteiger partial charge < -0.3 is 14.8 Å². The predicted molar refractivity (Wildman–Crippen MR) is 112 cm³/mol. The zero-order chi connectivity index (χ0) is 18.1. The molecular formula is C22H23N3S. The Morgan fingerprint density at radius 1 is 0.962 bits per heavy atom. The molecule has 132 valence electrons. The number of nitrogens with one attached hydrogen (secondary N) is 1. The second kappa shape index (κ2) is 6.96. The number of rotatable bonds is 2. The van der Waals surface area contributed by atoms with E-state index in [9.17, 15) is 0 Å². The van der Waals surface area contributed by atoms with Crippen LogP contribution >= 0.6 is 12.2 Å². The van der Waals surface area contributed by atoms with E-state index in [1.807, 2.05) is 0 Å². The van der Waals surface area contributed by atoms with Gasteiger partial charge in [-0.3, -0.25) is 0 Å². The van der Waals surface area contributed by atoms with Gasteiger partial charge in [-0.25, -0.2) is 0 Å². The molecule has 0 radical (unpaired) electrons. The fourth-order valence-electron chi connectivity index (χ4n) is 3.62. The maximum absolute atomic E-state index is 5.81. The minimum absolute atomic E-state index is 0.129. The number of aryl methyl sites for hydroxylation is 2. The summed E-state index contributed by atoms with van der Waals surface area (Å²) in [7, 11) is 0. The predicted octanol–water partition coefficient (Wildman–Crippen LogP) is 4.91. The second-order valence-corrected chi connectivity index (χ2v) is 7.32. The Bertz CT molecular complexity index is 927. The van der Waals surface area contributed by atoms with Crippen molar-refractivity contribution < 1.29 is 0 Å². The van der Waals surface area contributed by atoms with Gasteiger partial charge in [0.2, 0.25) is 0 Å². The number of hydrogen-bond donors (Lipinski definition) is 1. The van der Waals surface area contributed by atoms with Gasteiger partial charge in [-0.2, -0.15) is 0 Å². The number of benzene rings is 2. The Balaban J connectivity index is 1.67. The molecule has 0 saturated carbocycles. The summed E-state index contributed by atoms with van der Waals surface area (Å²) in [5.74, 6) is 0. The van der Waals surface area contributed by atoms with Crippen molar-refractivity contribution in [1.29, 1.82) is 0 Å². The molecule has 2 aromatic carbocycles. The van der Waals surface area contributed by atoms with E-state index in [-0.39, 0.29) is 6.04 Å². The van der Waals surface area contributed by atoms with E-state index in [1.165, 1.54) is 22.4 Å². The van der Waals surface area contributed by atoms with Crippen molar-refractivity contribution in [3.63, 3.8) is 0 Å². The summed E-state index contributed by atoms with van der Waals surface area (Å²) in [5, 5.41) is 4.21. The van der Waals surface area contributed by atoms with Crippen LogP contribution in [0.3, 0.4) is 0 Å². The monoisotopic (exact) mass is 361 g/mol. The molecule has 1 unspecified atom stereocenters. The van der Waals surface area contributed by atoms with Gasteiger partial charge in [0.25, 0.3) is 0 Å². The highest BCUT2D eigenvalue weighted by Gasteiger charge is 2.30. The minimum Gasteiger partial charge on any atom is -0.348 e. The largest absolute Gasteiger partial charge is 0.348 e. The number of hydrogen-bond acceptors (Lipinski definition) is 1. The van der Waals surface area contributed by atoms with Gasteiger partial charge in [-0.05, 0) is 61.5 Å². The van der Waals surface area contributed by atoms with Crippen molar-refractivity contribution in [1.82, 2.24) is 9.47 Å². The van der Waals surface area contributed by atoms with E-state index < -0.39 is 0 Å². The highest BCUT2D eigenvalue weighted by molar-refractivity contribution is 7.80. The van der Waals surface area contributed by atoms with Crippen LogP contribution in [0.2, 0.25) is 0 Å². The number of anilines is 1. The first-order valence-corrected chi connectivity index (χ1v) is 9.38. The molecule has 26 heavy (non-hydrogen) atoms. The molecule has 0 spiro atoms. The van der Waals surface area contributed by atoms with Gasteiger partial charge in [0.1, 0.15) is 0 Å². The molecule has 0 saturated heterocycles. The van der Waals surface area contributed by atoms with Crippen molar-refractivity contribution in [2.45, 2.75) is 26.4 Å². The third-order valence-corrected chi connectivity index (χ3v) is 5.30. The molecule has 1 atom stereocenters. The average molecular weight is 362 g/mol. The van der Waals surface area contributed by atoms with Crippen molar-refractivity contribution in [2.75, 3.05) is 11.9 Å². The van der Waals surface area contributed by atoms with Gasteiger partial charge in [0.05, 0.1) is 6.04 Å². The lowest BCUT2D eigenvalue weighted by Crippen LogP contribution is -2.44. The quantitative estimate of drug-likeness (QED) is 0.655. The fraction of sp³-hybridized carbons (Fsp3) is 0.227. The summed E-state index contributed by atoms with van der Waals surface area (Å²) in [6, 6.07) is 21.6. The summed E-state index contributed by atoms with van der Waals surface area (Å²) >= 11 is 5.81. The molecule has 4 heteroatoms. The van der Waals surface area contributed by atoms with Crippen LogP contribution < -0.4 is 5.32 Å². The molecule has 0 bridgehead atoms. The van der Waals surface area contributed by atoms with Gasteiger partial charge in [-0.1, -0.05) is 42.0 Å². The zero-order valence-electron chi connectivity index (χ0n) is 15.1. The van der Waals surface area contributed by atoms with E-state index >= 15 is 0 Å². The third-order valence-electron chi connectivity index (χ3n) is 4.96. The van der Waals surface area contributed by atoms with Crippen LogP contribution in [0.25, 0.3) is 0 Å². The molecule has 1 aromatic heterocycles. The van der Waals surface area contributed by atoms with Gasteiger partial charge in [0, 0.05) is 30.7 Å². The van der Waals surface area contributed by atoms with E-state index in [1.54, 1.807) is 0 Å². The summed E-state index contributed by atoms with van der Waals surface area (Å²) in [5.41, 5.74) is 6.09. The summed E-state index contributed by atoms with van der Waals surface area (Å²) in [4.78, 5) is 2.30. The molecule has 3 nitrogen and oxygen atoms in total. The molecule has 1 N–H and O–H groups in total. The standard InChI is InChI=1S/C22H23N3S/c1-16-8-10-18(11-9-16)21-20-7-4-12-24(20)13-14-25(21)22(26)23-19-6-3-5-17(2)15-19/h3-12,15,21H,13-14H2,1-2H3,(H,23,26). The molecular weight excluding hydrogens is 338 g/mol. The summed E-state index contributed by atoms with van der Waals surface area (Å²) in [6.45, 7) is 6.05. The molecule has 0 aliphatic carbocycles. The zero-order valence-corrected chi connectivity index (χ0v) is 16.0. The Kier molecular flexibility index (Phi) is 4.51. The Labute approximate surface area is 160 Å². The number of nitrogens with zero attached hydrogens (tertiary/aromatic N) is 2. The molecule has 2 heterocycles. The van der Waals surface area contributed by atoms with Gasteiger partial charge in [0.15, 0.2) is 5.11 Å². The maximum Gasteiger partial charge on any atom is 0.174 e. The molecule has 1 aliphatic heterocycles. The van der Waals surface area contributed by atoms with E-state index in [2.05, 4.69) is 95.5 Å². The fourth-order valence-corrected chi connectivity index (χ4v) is 3.93. The molecule has 0 fully saturated rings. The first kappa shape index (κ1) is 16.9. The van der Waals surface area contributed by atoms with Crippen molar-refractivity contribution in [2.24, 2.45) is 0 Å². The van der Waals surface area contributed by atoms with Crippen LogP contribution in [0.1, 0.15) is 28.4 Å². The van der Waals surface area contributed by atoms with Crippen LogP contribution in [-0.2, 0) is 6.54 Å². The number of thiocarbonyl (C=S) groups is 1. The lowest BCUT2D eigenvalue weighted by molar-refractivity contribution is 0.293. The summed E-state index contributed by atoms with van der Waals surface area (Å²) < 4.78 is 2.33. The Morgan fingerprint density at radius 3 is 2.54 bits per heavy atom. The Morgan fingerprint density at radius 2 is 1.77 bits per heavy atom. The lowest BCUT2D eigenvalue weighted by Gasteiger charge is -2.39. The van der Waals surface area contributed by atoms with Gasteiger partial charge in [-0.15, -0.1) is 0 Å². The first-order chi connectivity index (χ1) is 12.6. The summed E-state index contributed by atoms with van der Waals surface area (Å²) in [6.07, 6.45) is 2.16. The highest BCUT2D eigenvalue weighted by Crippen LogP contribution is 2.33. The van der Waals surface area contributed by atoms with Crippen LogP contribution in [-0.4, -0.2) is 21.1 Å². The topological polar surface area (TPSA) is 20.2 Å². The van der Waals surface area contributed by atoms with Crippen molar-refractivity contribution in [3.05, 3.63) is 89.2 Å². The van der Waals surface area contributed by atoms with Crippen molar-refractivity contribution >= 4 is 23.0 Å². The average Bonchev–Trinajstić information content (AvgIpc) is 3.10. The van der Waals surface area contributed by atoms with Crippen LogP contribution in [0.4, 0.5) is 5.69 Å². The highest BCUT2D eigenvalue weighted by atomic mass is 32.1. The van der Waals surface area contributed by atoms with E-state index in [4.69, 9.17) is 12.2 Å². The molecule has 4 rings (SSSR count). The normalized spacial score (nSPS) is 16.2. The number of fused-ring (bicyclic) bond motifs is 1. The minimum atomic E-state index is 0.129. The molecule has 0 amide bonds. The third kappa shape index (κ3) is 3.25. The van der Waals surface area contributed by atoms with E-state index in [0.717, 1.165) is 23.9 Å². The van der Waals surface area contributed by atoms with Crippen LogP contribution in [0.15, 0.2) is 66.9 Å². The molecule has 3 aromatic rings. The molecule has 1 aliphatic rings. The first-order valence-electron chi connectivity index (χ1n) is 8.98. The smallest absolute Gasteiger partial charge is 0.174 e. The van der Waals surface area contributed by atoms with Gasteiger partial charge >= 0.3 is 0 Å². The van der Waals surface area contributed by atoms with Crippen LogP contribution in [0.5, 0.6) is 0 Å². The SMILES string of the molecule is Cc1ccc(C2c3cccn3CCN2C(=S)Nc2cccc(C)c2)cc1. The Hall–Kier alpha value is -2.59. The maximum atomic E-state index is 5.81. The number of aromatic nitrogens is 1. The van der Waals surface area contributed by atoms with Crippen molar-refractivity contribution in [3.8, 4) is 0 Å². The van der Waals surface area contributed by atoms with E-state index in [0.29, 0.717) is 0 Å². The van der Waals surface area contributed by atoms with Crippen LogP contribution in [0, 0.1) is 13.8 Å². The lowest BCUT2D eigenvalue weighted by atomic mass is 9.99.